The highest BCUT2D eigenvalue weighted by Gasteiger charge is 2.72. The van der Waals surface area contributed by atoms with E-state index in [1.807, 2.05) is 0 Å². The van der Waals surface area contributed by atoms with E-state index in [4.69, 9.17) is 0 Å². The lowest BCUT2D eigenvalue weighted by Gasteiger charge is -2.29. The van der Waals surface area contributed by atoms with Crippen molar-refractivity contribution in [1.82, 2.24) is 9.44 Å². The van der Waals surface area contributed by atoms with E-state index < -0.39 is 63.6 Å². The van der Waals surface area contributed by atoms with Gasteiger partial charge in [-0.2, -0.15) is 26.3 Å². The van der Waals surface area contributed by atoms with Crippen molar-refractivity contribution >= 4 is 21.3 Å². The molecule has 0 bridgehead atoms. The number of alkyl halides is 7. The minimum absolute atomic E-state index is 0.00807. The molecule has 2 atom stereocenters. The van der Waals surface area contributed by atoms with E-state index in [0.29, 0.717) is 0 Å². The highest BCUT2D eigenvalue weighted by atomic mass is 32.2. The zero-order valence-electron chi connectivity index (χ0n) is 15.2. The van der Waals surface area contributed by atoms with Gasteiger partial charge < -0.3 is 9.66 Å². The van der Waals surface area contributed by atoms with Crippen LogP contribution < -0.4 is 9.44 Å². The molecule has 0 amide bonds. The molecule has 0 fully saturated rings. The van der Waals surface area contributed by atoms with E-state index in [1.54, 1.807) is 4.72 Å². The van der Waals surface area contributed by atoms with Crippen LogP contribution in [0.25, 0.3) is 0 Å². The fourth-order valence-corrected chi connectivity index (χ4v) is 3.70. The first-order valence-electron chi connectivity index (χ1n) is 8.18. The third-order valence-corrected chi connectivity index (χ3v) is 5.77. The van der Waals surface area contributed by atoms with Crippen molar-refractivity contribution in [1.29, 1.82) is 0 Å². The van der Waals surface area contributed by atoms with Gasteiger partial charge in [0.25, 0.3) is 5.67 Å². The van der Waals surface area contributed by atoms with Gasteiger partial charge in [0.05, 0.1) is 11.4 Å². The predicted octanol–water partition coefficient (Wildman–Crippen LogP) is 1.82. The van der Waals surface area contributed by atoms with E-state index in [0.717, 1.165) is 0 Å². The van der Waals surface area contributed by atoms with Crippen molar-refractivity contribution in [3.05, 3.63) is 0 Å². The molecule has 0 aromatic heterocycles. The molecule has 0 aromatic rings. The summed E-state index contributed by atoms with van der Waals surface area (Å²) < 4.78 is 135. The van der Waals surface area contributed by atoms with Crippen molar-refractivity contribution in [2.45, 2.75) is 62.7 Å². The SMILES string of the molecule is C[C@@](O)(CCCNS(=O)[O-])CCCNS(=O)(=O)CCC(F)(C(F)(F)F)C(F)(F)F. The molecule has 0 spiro atoms. The van der Waals surface area contributed by atoms with Crippen LogP contribution in [0.4, 0.5) is 30.7 Å². The molecule has 0 saturated heterocycles. The smallest absolute Gasteiger partial charge is 0.431 e. The second-order valence-electron chi connectivity index (χ2n) is 6.59. The molecule has 16 heteroatoms. The maximum absolute atomic E-state index is 13.5. The van der Waals surface area contributed by atoms with E-state index in [9.17, 15) is 53.0 Å². The van der Waals surface area contributed by atoms with Gasteiger partial charge in [-0.3, -0.25) is 4.21 Å². The molecule has 29 heavy (non-hydrogen) atoms. The van der Waals surface area contributed by atoms with Crippen LogP contribution in [-0.2, 0) is 21.3 Å². The number of aliphatic hydroxyl groups is 1. The standard InChI is InChI=1S/C13H23F7N2O5S2/c1-10(23,4-2-7-21-28(24)25)5-3-8-22-29(26,27)9-6-11(14,12(15,16)17)13(18,19)20/h21-23H,2-9H2,1H3,(H,24,25)/p-1/t10-/m1/s1. The lowest BCUT2D eigenvalue weighted by molar-refractivity contribution is -0.341. The van der Waals surface area contributed by atoms with Gasteiger partial charge in [0.2, 0.25) is 10.0 Å². The van der Waals surface area contributed by atoms with E-state index >= 15 is 0 Å². The Morgan fingerprint density at radius 2 is 1.38 bits per heavy atom. The van der Waals surface area contributed by atoms with Crippen molar-refractivity contribution in [2.24, 2.45) is 0 Å². The number of nitrogens with one attached hydrogen (secondary N) is 2. The Labute approximate surface area is 165 Å². The molecule has 0 aromatic carbocycles. The average Bonchev–Trinajstić information content (AvgIpc) is 2.51. The summed E-state index contributed by atoms with van der Waals surface area (Å²) in [6.07, 6.45) is -14.6. The second-order valence-corrected chi connectivity index (χ2v) is 9.28. The summed E-state index contributed by atoms with van der Waals surface area (Å²) in [5, 5.41) is 10.0. The quantitative estimate of drug-likeness (QED) is 0.210. The van der Waals surface area contributed by atoms with Gasteiger partial charge in [0, 0.05) is 30.8 Å². The van der Waals surface area contributed by atoms with Gasteiger partial charge in [0.1, 0.15) is 0 Å². The molecule has 0 rings (SSSR count). The molecule has 0 aliphatic carbocycles. The fourth-order valence-electron chi connectivity index (χ4n) is 2.24. The van der Waals surface area contributed by atoms with Crippen molar-refractivity contribution < 1.29 is 53.0 Å². The molecule has 176 valence electrons. The van der Waals surface area contributed by atoms with Gasteiger partial charge in [-0.1, -0.05) is 0 Å². The lowest BCUT2D eigenvalue weighted by Crippen LogP contribution is -2.54. The first-order valence-corrected chi connectivity index (χ1v) is 10.9. The topological polar surface area (TPSA) is 119 Å². The number of halogens is 7. The molecular weight excluding hydrogens is 461 g/mol. The zero-order chi connectivity index (χ0) is 23.1. The highest BCUT2D eigenvalue weighted by Crippen LogP contribution is 2.48. The van der Waals surface area contributed by atoms with Crippen LogP contribution in [0.3, 0.4) is 0 Å². The third-order valence-electron chi connectivity index (χ3n) is 3.94. The molecule has 3 N–H and O–H groups in total. The van der Waals surface area contributed by atoms with Gasteiger partial charge in [-0.25, -0.2) is 22.3 Å². The Kier molecular flexibility index (Phi) is 10.5. The van der Waals surface area contributed by atoms with E-state index in [2.05, 4.69) is 4.72 Å². The van der Waals surface area contributed by atoms with Crippen LogP contribution in [0.1, 0.15) is 39.0 Å². The molecule has 7 nitrogen and oxygen atoms in total. The molecule has 0 aliphatic rings. The molecule has 0 heterocycles. The van der Waals surface area contributed by atoms with E-state index in [1.165, 1.54) is 6.92 Å². The average molecular weight is 483 g/mol. The fraction of sp³-hybridized carbons (Fsp3) is 1.00. The predicted molar refractivity (Wildman–Crippen MR) is 88.4 cm³/mol. The zero-order valence-corrected chi connectivity index (χ0v) is 16.8. The van der Waals surface area contributed by atoms with Crippen LogP contribution in [0, 0.1) is 0 Å². The van der Waals surface area contributed by atoms with Crippen LogP contribution >= 0.6 is 0 Å². The van der Waals surface area contributed by atoms with Crippen molar-refractivity contribution in [2.75, 3.05) is 18.8 Å². The molecular formula is C13H22F7N2O5S2-. The van der Waals surface area contributed by atoms with Gasteiger partial charge in [-0.15, -0.1) is 0 Å². The van der Waals surface area contributed by atoms with E-state index in [-0.39, 0.29) is 32.2 Å². The van der Waals surface area contributed by atoms with Crippen molar-refractivity contribution in [3.63, 3.8) is 0 Å². The molecule has 1 unspecified atom stereocenters. The van der Waals surface area contributed by atoms with Gasteiger partial charge >= 0.3 is 12.4 Å². The van der Waals surface area contributed by atoms with Crippen LogP contribution in [0.5, 0.6) is 0 Å². The summed E-state index contributed by atoms with van der Waals surface area (Å²) in [4.78, 5) is 0. The minimum Gasteiger partial charge on any atom is -0.760 e. The Balaban J connectivity index is 4.51. The van der Waals surface area contributed by atoms with Crippen LogP contribution in [0.2, 0.25) is 0 Å². The summed E-state index contributed by atoms with van der Waals surface area (Å²) in [5.74, 6) is -1.74. The first-order chi connectivity index (χ1) is 12.8. The maximum atomic E-state index is 13.5. The number of sulfonamides is 1. The Morgan fingerprint density at radius 1 is 0.931 bits per heavy atom. The lowest BCUT2D eigenvalue weighted by atomic mass is 9.94. The summed E-state index contributed by atoms with van der Waals surface area (Å²) in [5.41, 5.74) is -6.96. The van der Waals surface area contributed by atoms with Crippen LogP contribution in [0.15, 0.2) is 0 Å². The molecule has 0 aliphatic heterocycles. The summed E-state index contributed by atoms with van der Waals surface area (Å²) in [6.45, 7) is 1.04. The summed E-state index contributed by atoms with van der Waals surface area (Å²) in [6, 6.07) is 0. The number of hydrogen-bond acceptors (Lipinski definition) is 5. The normalized spacial score (nSPS) is 17.2. The second kappa shape index (κ2) is 10.7. The largest absolute Gasteiger partial charge is 0.760 e. The Bertz CT molecular complexity index is 624. The van der Waals surface area contributed by atoms with Gasteiger partial charge in [-0.05, 0) is 32.6 Å². The van der Waals surface area contributed by atoms with Crippen molar-refractivity contribution in [3.8, 4) is 0 Å². The number of rotatable bonds is 13. The number of hydrogen-bond donors (Lipinski definition) is 3. The summed E-state index contributed by atoms with van der Waals surface area (Å²) >= 11 is -2.46. The Morgan fingerprint density at radius 3 is 1.79 bits per heavy atom. The third kappa shape index (κ3) is 10.3. The first kappa shape index (κ1) is 28.5. The monoisotopic (exact) mass is 483 g/mol. The van der Waals surface area contributed by atoms with Gasteiger partial charge in [0.15, 0.2) is 0 Å². The highest BCUT2D eigenvalue weighted by molar-refractivity contribution is 7.89. The summed E-state index contributed by atoms with van der Waals surface area (Å²) in [7, 11) is -4.63. The molecule has 0 radical (unpaired) electrons. The molecule has 0 saturated carbocycles. The minimum atomic E-state index is -6.33. The Hall–Kier alpha value is -0.550. The maximum Gasteiger partial charge on any atom is 0.431 e. The van der Waals surface area contributed by atoms with Crippen LogP contribution in [-0.4, -0.2) is 64.8 Å².